The van der Waals surface area contributed by atoms with Crippen molar-refractivity contribution < 1.29 is 16.8 Å². The fourth-order valence-electron chi connectivity index (χ4n) is 2.51. The summed E-state index contributed by atoms with van der Waals surface area (Å²) in [4.78, 5) is -0.0105. The maximum Gasteiger partial charge on any atom is 0.261 e. The lowest BCUT2D eigenvalue weighted by molar-refractivity contribution is 0.600. The first-order valence-corrected chi connectivity index (χ1v) is 11.4. The Morgan fingerprint density at radius 3 is 2.00 bits per heavy atom. The van der Waals surface area contributed by atoms with Gasteiger partial charge in [-0.3, -0.25) is 4.72 Å². The molecule has 0 aliphatic rings. The number of hydrogen-bond acceptors (Lipinski definition) is 4. The van der Waals surface area contributed by atoms with Crippen molar-refractivity contribution in [3.8, 4) is 0 Å². The average molecular weight is 453 g/mol. The number of nitrogens with one attached hydrogen (secondary N) is 1. The standard InChI is InChI=1S/C15H15BrClNO4S2/c1-9-8-10(2)15(23(17,19)20)11(3)14(9)18-24(21,22)13-6-4-12(16)5-7-13/h4-8,18H,1-3H3. The summed E-state index contributed by atoms with van der Waals surface area (Å²) in [5.74, 6) is 0. The van der Waals surface area contributed by atoms with Gasteiger partial charge in [-0.15, -0.1) is 0 Å². The summed E-state index contributed by atoms with van der Waals surface area (Å²) in [5.41, 5.74) is 1.55. The van der Waals surface area contributed by atoms with Crippen molar-refractivity contribution >= 4 is 51.4 Å². The molecule has 0 unspecified atom stereocenters. The number of halogens is 2. The summed E-state index contributed by atoms with van der Waals surface area (Å²) in [6.07, 6.45) is 0. The molecule has 130 valence electrons. The van der Waals surface area contributed by atoms with Crippen LogP contribution in [-0.4, -0.2) is 16.8 Å². The summed E-state index contributed by atoms with van der Waals surface area (Å²) in [6.45, 7) is 4.83. The zero-order valence-electron chi connectivity index (χ0n) is 13.1. The zero-order chi connectivity index (χ0) is 18.3. The van der Waals surface area contributed by atoms with Crippen molar-refractivity contribution in [1.29, 1.82) is 0 Å². The molecular formula is C15H15BrClNO4S2. The van der Waals surface area contributed by atoms with Crippen LogP contribution in [0.3, 0.4) is 0 Å². The minimum absolute atomic E-state index is 0.0698. The second kappa shape index (κ2) is 6.67. The van der Waals surface area contributed by atoms with Gasteiger partial charge in [0.15, 0.2) is 0 Å². The van der Waals surface area contributed by atoms with Gasteiger partial charge in [-0.2, -0.15) is 0 Å². The monoisotopic (exact) mass is 451 g/mol. The zero-order valence-corrected chi connectivity index (χ0v) is 17.1. The van der Waals surface area contributed by atoms with Crippen molar-refractivity contribution in [2.45, 2.75) is 30.6 Å². The van der Waals surface area contributed by atoms with E-state index in [4.69, 9.17) is 10.7 Å². The molecule has 0 saturated carbocycles. The molecule has 0 atom stereocenters. The third kappa shape index (κ3) is 3.93. The number of sulfonamides is 1. The highest BCUT2D eigenvalue weighted by Crippen LogP contribution is 2.33. The highest BCUT2D eigenvalue weighted by Gasteiger charge is 2.23. The topological polar surface area (TPSA) is 80.3 Å². The first-order chi connectivity index (χ1) is 10.9. The molecule has 9 heteroatoms. The van der Waals surface area contributed by atoms with Crippen LogP contribution in [0.2, 0.25) is 0 Å². The molecule has 0 amide bonds. The molecule has 0 heterocycles. The SMILES string of the molecule is Cc1cc(C)c(S(=O)(=O)Cl)c(C)c1NS(=O)(=O)c1ccc(Br)cc1. The molecule has 0 aromatic heterocycles. The normalized spacial score (nSPS) is 12.2. The third-order valence-corrected chi connectivity index (χ3v) is 6.98. The molecule has 2 aromatic rings. The Labute approximate surface area is 154 Å². The maximum absolute atomic E-state index is 12.6. The van der Waals surface area contributed by atoms with Crippen LogP contribution in [0.5, 0.6) is 0 Å². The fourth-order valence-corrected chi connectivity index (χ4v) is 5.59. The molecule has 2 aromatic carbocycles. The van der Waals surface area contributed by atoms with E-state index in [2.05, 4.69) is 20.7 Å². The van der Waals surface area contributed by atoms with Crippen LogP contribution in [0, 0.1) is 20.8 Å². The first-order valence-electron chi connectivity index (χ1n) is 6.77. The van der Waals surface area contributed by atoms with E-state index < -0.39 is 19.1 Å². The van der Waals surface area contributed by atoms with Crippen molar-refractivity contribution in [2.24, 2.45) is 0 Å². The van der Waals surface area contributed by atoms with Gasteiger partial charge in [0.05, 0.1) is 15.5 Å². The van der Waals surface area contributed by atoms with Crippen LogP contribution in [-0.2, 0) is 19.1 Å². The fraction of sp³-hybridized carbons (Fsp3) is 0.200. The van der Waals surface area contributed by atoms with Gasteiger partial charge in [0.1, 0.15) is 0 Å². The molecule has 0 aliphatic carbocycles. The van der Waals surface area contributed by atoms with E-state index in [1.807, 2.05) is 0 Å². The van der Waals surface area contributed by atoms with Crippen LogP contribution in [0.25, 0.3) is 0 Å². The molecule has 0 bridgehead atoms. The van der Waals surface area contributed by atoms with Gasteiger partial charge in [0, 0.05) is 15.2 Å². The molecule has 0 saturated heterocycles. The van der Waals surface area contributed by atoms with E-state index in [1.165, 1.54) is 19.1 Å². The van der Waals surface area contributed by atoms with Gasteiger partial charge in [0.25, 0.3) is 19.1 Å². The Morgan fingerprint density at radius 1 is 0.958 bits per heavy atom. The van der Waals surface area contributed by atoms with Crippen LogP contribution in [0.1, 0.15) is 16.7 Å². The minimum atomic E-state index is -4.00. The molecule has 1 N–H and O–H groups in total. The Kier molecular flexibility index (Phi) is 5.34. The molecule has 0 spiro atoms. The Bertz CT molecular complexity index is 1000. The number of anilines is 1. The molecule has 0 aliphatic heterocycles. The predicted molar refractivity (Wildman–Crippen MR) is 98.6 cm³/mol. The minimum Gasteiger partial charge on any atom is -0.279 e. The van der Waals surface area contributed by atoms with Crippen molar-refractivity contribution in [3.63, 3.8) is 0 Å². The Hall–Kier alpha value is -1.09. The van der Waals surface area contributed by atoms with Crippen molar-refractivity contribution in [2.75, 3.05) is 4.72 Å². The first kappa shape index (κ1) is 19.2. The highest BCUT2D eigenvalue weighted by molar-refractivity contribution is 9.10. The number of rotatable bonds is 4. The molecular weight excluding hydrogens is 438 g/mol. The molecule has 0 radical (unpaired) electrons. The van der Waals surface area contributed by atoms with Gasteiger partial charge in [-0.05, 0) is 61.7 Å². The number of hydrogen-bond donors (Lipinski definition) is 1. The van der Waals surface area contributed by atoms with Crippen LogP contribution in [0.15, 0.2) is 44.6 Å². The van der Waals surface area contributed by atoms with Gasteiger partial charge in [-0.25, -0.2) is 16.8 Å². The molecule has 5 nitrogen and oxygen atoms in total. The van der Waals surface area contributed by atoms with Crippen LogP contribution >= 0.6 is 26.6 Å². The van der Waals surface area contributed by atoms with E-state index in [9.17, 15) is 16.8 Å². The van der Waals surface area contributed by atoms with Crippen molar-refractivity contribution in [3.05, 3.63) is 51.5 Å². The Morgan fingerprint density at radius 2 is 1.50 bits per heavy atom. The van der Waals surface area contributed by atoms with Gasteiger partial charge >= 0.3 is 0 Å². The van der Waals surface area contributed by atoms with Gasteiger partial charge < -0.3 is 0 Å². The molecule has 24 heavy (non-hydrogen) atoms. The second-order valence-corrected chi connectivity index (χ2v) is 10.4. The van der Waals surface area contributed by atoms with E-state index in [0.717, 1.165) is 4.47 Å². The van der Waals surface area contributed by atoms with Crippen LogP contribution in [0.4, 0.5) is 5.69 Å². The van der Waals surface area contributed by atoms with E-state index >= 15 is 0 Å². The summed E-state index contributed by atoms with van der Waals surface area (Å²) in [7, 11) is -2.37. The highest BCUT2D eigenvalue weighted by atomic mass is 79.9. The number of benzene rings is 2. The van der Waals surface area contributed by atoms with Gasteiger partial charge in [-0.1, -0.05) is 22.0 Å². The lowest BCUT2D eigenvalue weighted by atomic mass is 10.1. The second-order valence-electron chi connectivity index (χ2n) is 5.34. The van der Waals surface area contributed by atoms with E-state index in [0.29, 0.717) is 11.1 Å². The molecule has 2 rings (SSSR count). The Balaban J connectivity index is 2.60. The van der Waals surface area contributed by atoms with Crippen molar-refractivity contribution in [1.82, 2.24) is 0 Å². The lowest BCUT2D eigenvalue weighted by Gasteiger charge is -2.17. The quantitative estimate of drug-likeness (QED) is 0.708. The lowest BCUT2D eigenvalue weighted by Crippen LogP contribution is -2.16. The summed E-state index contributed by atoms with van der Waals surface area (Å²) in [5, 5.41) is 0. The maximum atomic E-state index is 12.6. The summed E-state index contributed by atoms with van der Waals surface area (Å²) >= 11 is 3.24. The smallest absolute Gasteiger partial charge is 0.261 e. The van der Waals surface area contributed by atoms with Crippen LogP contribution < -0.4 is 4.72 Å². The third-order valence-electron chi connectivity index (χ3n) is 3.51. The van der Waals surface area contributed by atoms with E-state index in [1.54, 1.807) is 32.0 Å². The summed E-state index contributed by atoms with van der Waals surface area (Å²) in [6, 6.07) is 7.70. The van der Waals surface area contributed by atoms with E-state index in [-0.39, 0.29) is 21.0 Å². The predicted octanol–water partition coefficient (Wildman–Crippen LogP) is 4.10. The molecule has 0 fully saturated rings. The average Bonchev–Trinajstić information content (AvgIpc) is 2.42. The summed E-state index contributed by atoms with van der Waals surface area (Å²) < 4.78 is 51.9. The number of aryl methyl sites for hydroxylation is 2. The largest absolute Gasteiger partial charge is 0.279 e. The van der Waals surface area contributed by atoms with Gasteiger partial charge in [0.2, 0.25) is 0 Å².